The van der Waals surface area contributed by atoms with Gasteiger partial charge in [-0.25, -0.2) is 4.79 Å². The minimum atomic E-state index is -0.333. The molecule has 1 atom stereocenters. The summed E-state index contributed by atoms with van der Waals surface area (Å²) in [7, 11) is 0. The van der Waals surface area contributed by atoms with E-state index >= 15 is 0 Å². The SMILES string of the molecule is CCOC(=O)N1CCC(NC(=O)C2CC(=O)N(c3ccccc3C)C2)CC1. The molecular weight excluding hydrogens is 346 g/mol. The van der Waals surface area contributed by atoms with E-state index in [-0.39, 0.29) is 36.3 Å². The second-order valence-corrected chi connectivity index (χ2v) is 7.16. The minimum Gasteiger partial charge on any atom is -0.450 e. The van der Waals surface area contributed by atoms with Gasteiger partial charge in [0.15, 0.2) is 0 Å². The van der Waals surface area contributed by atoms with Crippen molar-refractivity contribution in [3.05, 3.63) is 29.8 Å². The van der Waals surface area contributed by atoms with Crippen LogP contribution < -0.4 is 10.2 Å². The van der Waals surface area contributed by atoms with Crippen LogP contribution in [0.1, 0.15) is 31.7 Å². The Kier molecular flexibility index (Phi) is 5.98. The lowest BCUT2D eigenvalue weighted by Crippen LogP contribution is -2.48. The number of anilines is 1. The first-order chi connectivity index (χ1) is 13.0. The van der Waals surface area contributed by atoms with Crippen molar-refractivity contribution in [2.75, 3.05) is 31.1 Å². The van der Waals surface area contributed by atoms with Crippen LogP contribution >= 0.6 is 0 Å². The van der Waals surface area contributed by atoms with Gasteiger partial charge in [0, 0.05) is 37.8 Å². The standard InChI is InChI=1S/C20H27N3O4/c1-3-27-20(26)22-10-8-16(9-11-22)21-19(25)15-12-18(24)23(13-15)17-7-5-4-6-14(17)2/h4-7,15-16H,3,8-13H2,1-2H3,(H,21,25). The number of amides is 3. The third-order valence-corrected chi connectivity index (χ3v) is 5.27. The van der Waals surface area contributed by atoms with Gasteiger partial charge in [0.25, 0.3) is 0 Å². The van der Waals surface area contributed by atoms with Gasteiger partial charge in [-0.3, -0.25) is 9.59 Å². The lowest BCUT2D eigenvalue weighted by Gasteiger charge is -2.32. The Bertz CT molecular complexity index is 713. The molecule has 2 heterocycles. The number of aryl methyl sites for hydroxylation is 1. The highest BCUT2D eigenvalue weighted by atomic mass is 16.6. The summed E-state index contributed by atoms with van der Waals surface area (Å²) in [5, 5.41) is 3.06. The van der Waals surface area contributed by atoms with E-state index in [4.69, 9.17) is 4.74 Å². The summed E-state index contributed by atoms with van der Waals surface area (Å²) in [6.45, 7) is 5.67. The Hall–Kier alpha value is -2.57. The first-order valence-electron chi connectivity index (χ1n) is 9.57. The molecule has 0 bridgehead atoms. The van der Waals surface area contributed by atoms with Gasteiger partial charge in [-0.05, 0) is 38.3 Å². The molecule has 1 unspecified atom stereocenters. The van der Waals surface area contributed by atoms with Crippen LogP contribution in [0.5, 0.6) is 0 Å². The fourth-order valence-electron chi connectivity index (χ4n) is 3.72. The molecule has 27 heavy (non-hydrogen) atoms. The van der Waals surface area contributed by atoms with Gasteiger partial charge >= 0.3 is 6.09 Å². The highest BCUT2D eigenvalue weighted by molar-refractivity contribution is 6.00. The number of hydrogen-bond acceptors (Lipinski definition) is 4. The van der Waals surface area contributed by atoms with E-state index in [1.165, 1.54) is 0 Å². The monoisotopic (exact) mass is 373 g/mol. The largest absolute Gasteiger partial charge is 0.450 e. The topological polar surface area (TPSA) is 79.0 Å². The number of nitrogens with one attached hydrogen (secondary N) is 1. The van der Waals surface area contributed by atoms with E-state index in [1.807, 2.05) is 31.2 Å². The van der Waals surface area contributed by atoms with Crippen molar-refractivity contribution in [2.24, 2.45) is 5.92 Å². The molecule has 2 fully saturated rings. The molecule has 0 saturated carbocycles. The zero-order valence-corrected chi connectivity index (χ0v) is 15.9. The predicted molar refractivity (Wildman–Crippen MR) is 101 cm³/mol. The highest BCUT2D eigenvalue weighted by Crippen LogP contribution is 2.28. The highest BCUT2D eigenvalue weighted by Gasteiger charge is 2.36. The van der Waals surface area contributed by atoms with Crippen LogP contribution in [0.2, 0.25) is 0 Å². The third-order valence-electron chi connectivity index (χ3n) is 5.27. The van der Waals surface area contributed by atoms with E-state index in [9.17, 15) is 14.4 Å². The van der Waals surface area contributed by atoms with Crippen LogP contribution in [0, 0.1) is 12.8 Å². The third kappa shape index (κ3) is 4.40. The number of nitrogens with zero attached hydrogens (tertiary/aromatic N) is 2. The summed E-state index contributed by atoms with van der Waals surface area (Å²) >= 11 is 0. The van der Waals surface area contributed by atoms with Crippen molar-refractivity contribution in [1.82, 2.24) is 10.2 Å². The second-order valence-electron chi connectivity index (χ2n) is 7.16. The van der Waals surface area contributed by atoms with Gasteiger partial charge in [-0.1, -0.05) is 18.2 Å². The van der Waals surface area contributed by atoms with E-state index in [1.54, 1.807) is 16.7 Å². The quantitative estimate of drug-likeness (QED) is 0.876. The number of piperidine rings is 1. The fraction of sp³-hybridized carbons (Fsp3) is 0.550. The smallest absolute Gasteiger partial charge is 0.409 e. The molecule has 1 N–H and O–H groups in total. The number of rotatable bonds is 4. The molecule has 2 aliphatic rings. The average molecular weight is 373 g/mol. The van der Waals surface area contributed by atoms with Crippen LogP contribution in [0.4, 0.5) is 10.5 Å². The van der Waals surface area contributed by atoms with Crippen molar-refractivity contribution in [3.63, 3.8) is 0 Å². The first kappa shape index (κ1) is 19.2. The summed E-state index contributed by atoms with van der Waals surface area (Å²) < 4.78 is 5.01. The molecule has 0 radical (unpaired) electrons. The average Bonchev–Trinajstić information content (AvgIpc) is 3.04. The Morgan fingerprint density at radius 1 is 1.22 bits per heavy atom. The van der Waals surface area contributed by atoms with Crippen molar-refractivity contribution < 1.29 is 19.1 Å². The summed E-state index contributed by atoms with van der Waals surface area (Å²) in [5.74, 6) is -0.421. The lowest BCUT2D eigenvalue weighted by molar-refractivity contribution is -0.127. The van der Waals surface area contributed by atoms with Crippen LogP contribution in [0.15, 0.2) is 24.3 Å². The van der Waals surface area contributed by atoms with Crippen molar-refractivity contribution in [3.8, 4) is 0 Å². The Morgan fingerprint density at radius 2 is 1.93 bits per heavy atom. The fourth-order valence-corrected chi connectivity index (χ4v) is 3.72. The maximum Gasteiger partial charge on any atom is 0.409 e. The normalized spacial score (nSPS) is 20.7. The molecule has 1 aromatic carbocycles. The van der Waals surface area contributed by atoms with E-state index in [0.717, 1.165) is 11.3 Å². The van der Waals surface area contributed by atoms with Crippen LogP contribution in [-0.2, 0) is 14.3 Å². The number of benzene rings is 1. The second kappa shape index (κ2) is 8.41. The zero-order valence-electron chi connectivity index (χ0n) is 15.9. The number of hydrogen-bond donors (Lipinski definition) is 1. The van der Waals surface area contributed by atoms with Gasteiger partial charge in [0.05, 0.1) is 12.5 Å². The maximum atomic E-state index is 12.6. The number of ether oxygens (including phenoxy) is 1. The summed E-state index contributed by atoms with van der Waals surface area (Å²) in [5.41, 5.74) is 1.90. The van der Waals surface area contributed by atoms with Gasteiger partial charge in [-0.15, -0.1) is 0 Å². The molecule has 7 nitrogen and oxygen atoms in total. The molecule has 0 aliphatic carbocycles. The molecular formula is C20H27N3O4. The van der Waals surface area contributed by atoms with Crippen molar-refractivity contribution in [2.45, 2.75) is 39.2 Å². The number of carbonyl (C=O) groups excluding carboxylic acids is 3. The molecule has 0 aromatic heterocycles. The Morgan fingerprint density at radius 3 is 2.59 bits per heavy atom. The van der Waals surface area contributed by atoms with Crippen LogP contribution in [-0.4, -0.2) is 55.1 Å². The molecule has 3 amide bonds. The molecule has 2 saturated heterocycles. The molecule has 3 rings (SSSR count). The Labute approximate surface area is 159 Å². The van der Waals surface area contributed by atoms with E-state index in [2.05, 4.69) is 5.32 Å². The van der Waals surface area contributed by atoms with E-state index < -0.39 is 0 Å². The molecule has 7 heteroatoms. The van der Waals surface area contributed by atoms with Crippen molar-refractivity contribution >= 4 is 23.6 Å². The van der Waals surface area contributed by atoms with Crippen LogP contribution in [0.3, 0.4) is 0 Å². The molecule has 0 spiro atoms. The summed E-state index contributed by atoms with van der Waals surface area (Å²) in [6, 6.07) is 7.75. The number of likely N-dealkylation sites (tertiary alicyclic amines) is 1. The zero-order chi connectivity index (χ0) is 19.4. The Balaban J connectivity index is 1.52. The van der Waals surface area contributed by atoms with Gasteiger partial charge in [0.2, 0.25) is 11.8 Å². The molecule has 1 aromatic rings. The minimum absolute atomic E-state index is 0.0124. The first-order valence-corrected chi connectivity index (χ1v) is 9.57. The number of carbonyl (C=O) groups is 3. The molecule has 146 valence electrons. The van der Waals surface area contributed by atoms with Gasteiger partial charge < -0.3 is 19.9 Å². The van der Waals surface area contributed by atoms with E-state index in [0.29, 0.717) is 39.1 Å². The van der Waals surface area contributed by atoms with Gasteiger partial charge in [-0.2, -0.15) is 0 Å². The number of para-hydroxylation sites is 1. The summed E-state index contributed by atoms with van der Waals surface area (Å²) in [6.07, 6.45) is 1.35. The predicted octanol–water partition coefficient (Wildman–Crippen LogP) is 2.09. The maximum absolute atomic E-state index is 12.6. The van der Waals surface area contributed by atoms with Crippen molar-refractivity contribution in [1.29, 1.82) is 0 Å². The molecule has 2 aliphatic heterocycles. The van der Waals surface area contributed by atoms with Crippen LogP contribution in [0.25, 0.3) is 0 Å². The van der Waals surface area contributed by atoms with Gasteiger partial charge in [0.1, 0.15) is 0 Å². The summed E-state index contributed by atoms with van der Waals surface area (Å²) in [4.78, 5) is 40.2. The lowest BCUT2D eigenvalue weighted by atomic mass is 10.0.